The van der Waals surface area contributed by atoms with Gasteiger partial charge in [0.25, 0.3) is 0 Å². The largest absolute Gasteiger partial charge is 0.299 e. The monoisotopic (exact) mass is 278 g/mol. The van der Waals surface area contributed by atoms with Crippen LogP contribution in [0.4, 0.5) is 0 Å². The number of hydrogen-bond acceptors (Lipinski definition) is 4. The number of Topliss-reactive ketones (excluding diaryl/α,β-unsaturated/α-hetero) is 1. The smallest absolute Gasteiger partial charge is 0.137 e. The van der Waals surface area contributed by atoms with Crippen LogP contribution in [-0.4, -0.2) is 28.3 Å². The lowest BCUT2D eigenvalue weighted by atomic mass is 9.79. The van der Waals surface area contributed by atoms with Crippen molar-refractivity contribution < 1.29 is 4.79 Å². The zero-order valence-electron chi connectivity index (χ0n) is 11.4. The SMILES string of the molecule is O=C1CCCCC1C1CCCCN1Cc1cscn1. The highest BCUT2D eigenvalue weighted by atomic mass is 32.1. The van der Waals surface area contributed by atoms with Gasteiger partial charge in [0.1, 0.15) is 5.78 Å². The fourth-order valence-corrected chi connectivity index (χ4v) is 4.16. The lowest BCUT2D eigenvalue weighted by molar-refractivity contribution is -0.127. The molecule has 2 aliphatic rings. The molecule has 2 unspecified atom stereocenters. The standard InChI is InChI=1S/C15H22N2OS/c18-15-7-2-1-5-13(15)14-6-3-4-8-17(14)9-12-10-19-11-16-12/h10-11,13-14H,1-9H2. The van der Waals surface area contributed by atoms with Crippen LogP contribution in [0.5, 0.6) is 0 Å². The quantitative estimate of drug-likeness (QED) is 0.851. The number of aromatic nitrogens is 1. The van der Waals surface area contributed by atoms with Gasteiger partial charge in [0, 0.05) is 30.3 Å². The molecular weight excluding hydrogens is 256 g/mol. The second kappa shape index (κ2) is 6.14. The molecule has 0 bridgehead atoms. The second-order valence-electron chi connectivity index (χ2n) is 5.83. The van der Waals surface area contributed by atoms with Crippen LogP contribution in [0.1, 0.15) is 50.6 Å². The molecule has 2 fully saturated rings. The van der Waals surface area contributed by atoms with Crippen molar-refractivity contribution in [3.63, 3.8) is 0 Å². The fraction of sp³-hybridized carbons (Fsp3) is 0.733. The van der Waals surface area contributed by atoms with Crippen molar-refractivity contribution in [3.05, 3.63) is 16.6 Å². The lowest BCUT2D eigenvalue weighted by Gasteiger charge is -2.40. The minimum Gasteiger partial charge on any atom is -0.299 e. The highest BCUT2D eigenvalue weighted by Crippen LogP contribution is 2.32. The average Bonchev–Trinajstić information content (AvgIpc) is 2.93. The molecule has 0 spiro atoms. The van der Waals surface area contributed by atoms with E-state index in [9.17, 15) is 4.79 Å². The minimum atomic E-state index is 0.299. The Bertz CT molecular complexity index is 418. The maximum Gasteiger partial charge on any atom is 0.137 e. The molecule has 1 aromatic heterocycles. The number of nitrogens with zero attached hydrogens (tertiary/aromatic N) is 2. The number of hydrogen-bond donors (Lipinski definition) is 0. The summed E-state index contributed by atoms with van der Waals surface area (Å²) in [6.45, 7) is 2.06. The van der Waals surface area contributed by atoms with Crippen LogP contribution in [-0.2, 0) is 11.3 Å². The van der Waals surface area contributed by atoms with E-state index in [1.165, 1.54) is 31.4 Å². The summed E-state index contributed by atoms with van der Waals surface area (Å²) in [5.74, 6) is 0.814. The van der Waals surface area contributed by atoms with Gasteiger partial charge in [-0.1, -0.05) is 12.8 Å². The molecule has 3 rings (SSSR count). The van der Waals surface area contributed by atoms with E-state index in [0.29, 0.717) is 17.7 Å². The molecule has 2 atom stereocenters. The third-order valence-corrected chi connectivity index (χ3v) is 5.21. The molecule has 1 saturated carbocycles. The molecule has 0 aromatic carbocycles. The first kappa shape index (κ1) is 13.3. The zero-order valence-corrected chi connectivity index (χ0v) is 12.2. The highest BCUT2D eigenvalue weighted by molar-refractivity contribution is 7.07. The van der Waals surface area contributed by atoms with Gasteiger partial charge in [-0.15, -0.1) is 11.3 Å². The Morgan fingerprint density at radius 1 is 1.26 bits per heavy atom. The molecule has 1 saturated heterocycles. The number of likely N-dealkylation sites (tertiary alicyclic amines) is 1. The first-order chi connectivity index (χ1) is 9.34. The Morgan fingerprint density at radius 3 is 2.95 bits per heavy atom. The van der Waals surface area contributed by atoms with Crippen LogP contribution in [0, 0.1) is 5.92 Å². The molecule has 4 heteroatoms. The number of piperidine rings is 1. The van der Waals surface area contributed by atoms with Gasteiger partial charge in [0.2, 0.25) is 0 Å². The maximum atomic E-state index is 12.2. The Morgan fingerprint density at radius 2 is 2.16 bits per heavy atom. The summed E-state index contributed by atoms with van der Waals surface area (Å²) in [6, 6.07) is 0.475. The lowest BCUT2D eigenvalue weighted by Crippen LogP contribution is -2.47. The van der Waals surface area contributed by atoms with Crippen molar-refractivity contribution in [1.29, 1.82) is 0 Å². The summed E-state index contributed by atoms with van der Waals surface area (Å²) >= 11 is 1.66. The molecule has 1 aliphatic heterocycles. The van der Waals surface area contributed by atoms with E-state index in [0.717, 1.165) is 32.4 Å². The second-order valence-corrected chi connectivity index (χ2v) is 6.55. The number of carbonyl (C=O) groups excluding carboxylic acids is 1. The molecule has 2 heterocycles. The summed E-state index contributed by atoms with van der Waals surface area (Å²) in [4.78, 5) is 19.1. The first-order valence-corrected chi connectivity index (χ1v) is 8.43. The summed E-state index contributed by atoms with van der Waals surface area (Å²) in [7, 11) is 0. The zero-order chi connectivity index (χ0) is 13.1. The number of thiazole rings is 1. The van der Waals surface area contributed by atoms with Crippen molar-refractivity contribution in [2.45, 2.75) is 57.5 Å². The van der Waals surface area contributed by atoms with Crippen LogP contribution >= 0.6 is 11.3 Å². The van der Waals surface area contributed by atoms with Gasteiger partial charge in [-0.25, -0.2) is 4.98 Å². The van der Waals surface area contributed by atoms with Gasteiger partial charge in [0.15, 0.2) is 0 Å². The highest BCUT2D eigenvalue weighted by Gasteiger charge is 2.35. The van der Waals surface area contributed by atoms with E-state index in [4.69, 9.17) is 0 Å². The van der Waals surface area contributed by atoms with Gasteiger partial charge in [-0.3, -0.25) is 9.69 Å². The van der Waals surface area contributed by atoms with Crippen molar-refractivity contribution in [1.82, 2.24) is 9.88 Å². The van der Waals surface area contributed by atoms with Crippen molar-refractivity contribution in [3.8, 4) is 0 Å². The number of ketones is 1. The molecule has 0 N–H and O–H groups in total. The van der Waals surface area contributed by atoms with Crippen LogP contribution in [0.2, 0.25) is 0 Å². The summed E-state index contributed by atoms with van der Waals surface area (Å²) in [6.07, 6.45) is 8.00. The van der Waals surface area contributed by atoms with Crippen molar-refractivity contribution in [2.75, 3.05) is 6.54 Å². The molecule has 1 aliphatic carbocycles. The molecule has 104 valence electrons. The van der Waals surface area contributed by atoms with Gasteiger partial charge in [-0.2, -0.15) is 0 Å². The predicted octanol–water partition coefficient (Wildman–Crippen LogP) is 3.26. The number of carbonyl (C=O) groups is 1. The Hall–Kier alpha value is -0.740. The van der Waals surface area contributed by atoms with E-state index in [2.05, 4.69) is 15.3 Å². The topological polar surface area (TPSA) is 33.2 Å². The Labute approximate surface area is 119 Å². The number of rotatable bonds is 3. The van der Waals surface area contributed by atoms with Crippen LogP contribution in [0.25, 0.3) is 0 Å². The maximum absolute atomic E-state index is 12.2. The van der Waals surface area contributed by atoms with Gasteiger partial charge in [-0.05, 0) is 32.2 Å². The molecular formula is C15H22N2OS. The fourth-order valence-electron chi connectivity index (χ4n) is 3.61. The summed E-state index contributed by atoms with van der Waals surface area (Å²) in [5.41, 5.74) is 3.07. The van der Waals surface area contributed by atoms with E-state index in [1.807, 2.05) is 5.51 Å². The predicted molar refractivity (Wildman–Crippen MR) is 77.1 cm³/mol. The van der Waals surface area contributed by atoms with E-state index in [-0.39, 0.29) is 0 Å². The normalized spacial score (nSPS) is 29.6. The first-order valence-electron chi connectivity index (χ1n) is 7.48. The molecule has 0 amide bonds. The van der Waals surface area contributed by atoms with Crippen molar-refractivity contribution in [2.24, 2.45) is 5.92 Å². The minimum absolute atomic E-state index is 0.299. The molecule has 3 nitrogen and oxygen atoms in total. The summed E-state index contributed by atoms with van der Waals surface area (Å²) in [5, 5.41) is 2.13. The average molecular weight is 278 g/mol. The summed E-state index contributed by atoms with van der Waals surface area (Å²) < 4.78 is 0. The van der Waals surface area contributed by atoms with Crippen LogP contribution in [0.15, 0.2) is 10.9 Å². The van der Waals surface area contributed by atoms with E-state index >= 15 is 0 Å². The molecule has 19 heavy (non-hydrogen) atoms. The van der Waals surface area contributed by atoms with Gasteiger partial charge in [0.05, 0.1) is 11.2 Å². The van der Waals surface area contributed by atoms with Gasteiger partial charge < -0.3 is 0 Å². The van der Waals surface area contributed by atoms with E-state index < -0.39 is 0 Å². The van der Waals surface area contributed by atoms with E-state index in [1.54, 1.807) is 11.3 Å². The van der Waals surface area contributed by atoms with Crippen LogP contribution in [0.3, 0.4) is 0 Å². The Kier molecular flexibility index (Phi) is 4.28. The third-order valence-electron chi connectivity index (χ3n) is 4.58. The Balaban J connectivity index is 1.71. The van der Waals surface area contributed by atoms with Crippen LogP contribution < -0.4 is 0 Å². The molecule has 0 radical (unpaired) electrons. The van der Waals surface area contributed by atoms with Crippen molar-refractivity contribution >= 4 is 17.1 Å². The third kappa shape index (κ3) is 3.06. The molecule has 1 aromatic rings. The van der Waals surface area contributed by atoms with Gasteiger partial charge >= 0.3 is 0 Å².